The minimum absolute atomic E-state index is 0.186. The average Bonchev–Trinajstić information content (AvgIpc) is 0.732. The van der Waals surface area contributed by atoms with Gasteiger partial charge in [0.15, 0.2) is 0 Å². The topological polar surface area (TPSA) is 233 Å². The van der Waals surface area contributed by atoms with Crippen LogP contribution in [0.4, 0.5) is 0 Å². The van der Waals surface area contributed by atoms with Gasteiger partial charge in [-0.15, -0.1) is 0 Å². The van der Waals surface area contributed by atoms with E-state index in [1.165, 1.54) is 27.3 Å². The van der Waals surface area contributed by atoms with Crippen LogP contribution in [-0.4, -0.2) is 64.3 Å². The van der Waals surface area contributed by atoms with Crippen LogP contribution in [0, 0.1) is 34.5 Å². The van der Waals surface area contributed by atoms with Crippen molar-refractivity contribution in [2.45, 2.75) is 152 Å². The fourth-order valence-electron chi connectivity index (χ4n) is 10.5. The van der Waals surface area contributed by atoms with Crippen molar-refractivity contribution in [3.05, 3.63) is 204 Å². The second-order valence-electron chi connectivity index (χ2n) is 25.7. The maximum atomic E-state index is 13.3. The second kappa shape index (κ2) is 41.0. The van der Waals surface area contributed by atoms with E-state index in [4.69, 9.17) is 27.9 Å². The van der Waals surface area contributed by atoms with E-state index in [1.54, 1.807) is 48.5 Å². The Labute approximate surface area is 546 Å². The second-order valence-corrected chi connectivity index (χ2v) is 35.4. The predicted octanol–water partition coefficient (Wildman–Crippen LogP) is 20.0. The molecular weight excluding hydrogens is 1250 g/mol. The van der Waals surface area contributed by atoms with Crippen molar-refractivity contribution in [2.24, 2.45) is 34.5 Å². The first-order valence-corrected chi connectivity index (χ1v) is 40.3. The summed E-state index contributed by atoms with van der Waals surface area (Å²) in [7, 11) is -15.4. The average molecular weight is 1360 g/mol. The molecule has 0 radical (unpaired) electrons. The van der Waals surface area contributed by atoms with E-state index in [-0.39, 0.29) is 36.2 Å². The Kier molecular flexibility index (Phi) is 37.4. The van der Waals surface area contributed by atoms with Gasteiger partial charge < -0.3 is 47.1 Å². The van der Waals surface area contributed by atoms with E-state index < -0.39 is 43.1 Å². The molecule has 5 N–H and O–H groups in total. The molecule has 0 aliphatic carbocycles. The minimum atomic E-state index is -4.08. The van der Waals surface area contributed by atoms with Crippen molar-refractivity contribution in [1.29, 1.82) is 0 Å². The monoisotopic (exact) mass is 1360 g/mol. The predicted molar refractivity (Wildman–Crippen MR) is 376 cm³/mol. The molecule has 508 valence electrons. The largest absolute Gasteiger partial charge is 0.424 e. The molecule has 0 fully saturated rings. The third kappa shape index (κ3) is 33.2. The van der Waals surface area contributed by atoms with Gasteiger partial charge in [0.05, 0.1) is 24.7 Å². The molecule has 0 aliphatic rings. The highest BCUT2D eigenvalue weighted by atomic mass is 31.2. The Morgan fingerprint density at radius 3 is 1.32 bits per heavy atom. The first kappa shape index (κ1) is 83.0. The SMILES string of the molecule is CC(CCC(COP(=O)(O)c1ccccc1)C(C)CC(C)(C)C)CC(C)(C)C.CCCCC(CC)CP(=O)(O)Oc1ccccc1.CCCCP(=O)(O)OC.COP(=O)(O)C(c1ccccc1)(c1ccccc1)c1ccccc1.CP(=O)(O)OCc1ccccc1. The van der Waals surface area contributed by atoms with E-state index in [2.05, 4.69) is 73.8 Å². The van der Waals surface area contributed by atoms with Crippen LogP contribution in [0.25, 0.3) is 0 Å². The van der Waals surface area contributed by atoms with Crippen molar-refractivity contribution in [3.63, 3.8) is 0 Å². The molecule has 0 bridgehead atoms. The van der Waals surface area contributed by atoms with Crippen LogP contribution in [0.1, 0.15) is 163 Å². The van der Waals surface area contributed by atoms with Crippen molar-refractivity contribution >= 4 is 43.3 Å². The molecule has 6 aromatic carbocycles. The highest BCUT2D eigenvalue weighted by molar-refractivity contribution is 7.61. The summed E-state index contributed by atoms with van der Waals surface area (Å²) in [5, 5.41) is -0.913. The molecule has 0 heterocycles. The van der Waals surface area contributed by atoms with Crippen LogP contribution < -0.4 is 9.83 Å². The number of benzene rings is 6. The summed E-state index contributed by atoms with van der Waals surface area (Å²) in [6.07, 6.45) is 10.8. The Bertz CT molecular complexity index is 3030. The summed E-state index contributed by atoms with van der Waals surface area (Å²) < 4.78 is 84.6. The number of para-hydroxylation sites is 1. The molecule has 6 aromatic rings. The fourth-order valence-corrected chi connectivity index (χ4v) is 16.2. The molecule has 0 saturated carbocycles. The standard InChI is InChI=1S/C24H43O3P.C20H19O3P.C14H23O3P.C8H11O3P.C5H13O3P/c1-19(16-23(3,4)5)14-15-21(20(2)17-24(6,7)8)18-27-28(25,26)22-12-10-9-11-13-22;1-23-24(21,22)20(17-11-5-2-6-12-17,18-13-7-3-8-14-18)19-15-9-4-10-16-19;1-3-5-9-13(4-2)12-18(15,16)17-14-10-7-6-8-11-14;1-12(9,10)11-7-8-5-3-2-4-6-8;1-3-4-5-9(6,7)8-2/h9-13,19-21H,14-18H2,1-8H3,(H,25,26);2-16H,1H3,(H,21,22);6-8,10-11,13H,3-5,9,12H2,1-2H3,(H,15,16);2-6H,7H2,1H3,(H,9,10);3-5H2,1-2H3,(H,6,7). The molecule has 15 nitrogen and oxygen atoms in total. The van der Waals surface area contributed by atoms with Gasteiger partial charge in [-0.3, -0.25) is 18.3 Å². The minimum Gasteiger partial charge on any atom is -0.424 e. The highest BCUT2D eigenvalue weighted by Crippen LogP contribution is 2.67. The smallest absolute Gasteiger partial charge is 0.376 e. The first-order valence-electron chi connectivity index (χ1n) is 31.6. The highest BCUT2D eigenvalue weighted by Gasteiger charge is 2.52. The Morgan fingerprint density at radius 1 is 0.495 bits per heavy atom. The lowest BCUT2D eigenvalue weighted by atomic mass is 9.76. The summed E-state index contributed by atoms with van der Waals surface area (Å²) in [6.45, 7) is 26.1. The zero-order valence-electron chi connectivity index (χ0n) is 56.6. The number of unbranched alkanes of at least 4 members (excludes halogenated alkanes) is 2. The third-order valence-electron chi connectivity index (χ3n) is 14.9. The first-order chi connectivity index (χ1) is 42.6. The summed E-state index contributed by atoms with van der Waals surface area (Å²) >= 11 is 0. The van der Waals surface area contributed by atoms with E-state index in [0.717, 1.165) is 80.0 Å². The number of rotatable bonds is 30. The van der Waals surface area contributed by atoms with Crippen LogP contribution in [0.5, 0.6) is 5.75 Å². The van der Waals surface area contributed by atoms with Crippen LogP contribution in [-0.2, 0) is 52.7 Å². The van der Waals surface area contributed by atoms with Gasteiger partial charge >= 0.3 is 38.0 Å². The molecule has 20 heteroatoms. The van der Waals surface area contributed by atoms with Gasteiger partial charge in [-0.05, 0) is 113 Å². The molecule has 0 amide bonds. The molecular formula is C71H109O15P5. The summed E-state index contributed by atoms with van der Waals surface area (Å²) in [4.78, 5) is 48.8. The molecule has 91 heavy (non-hydrogen) atoms. The fraction of sp³-hybridized carbons (Fsp3) is 0.493. The molecule has 0 spiro atoms. The van der Waals surface area contributed by atoms with Gasteiger partial charge in [-0.25, -0.2) is 4.57 Å². The van der Waals surface area contributed by atoms with Crippen molar-refractivity contribution in [1.82, 2.24) is 0 Å². The Hall–Kier alpha value is -4.09. The number of hydrogen-bond donors (Lipinski definition) is 5. The molecule has 0 saturated heterocycles. The quantitative estimate of drug-likeness (QED) is 0.0208. The molecule has 9 atom stereocenters. The zero-order chi connectivity index (χ0) is 68.4. The van der Waals surface area contributed by atoms with Crippen molar-refractivity contribution < 1.29 is 69.9 Å². The normalized spacial score (nSPS) is 16.3. The van der Waals surface area contributed by atoms with Crippen LogP contribution in [0.2, 0.25) is 0 Å². The lowest BCUT2D eigenvalue weighted by molar-refractivity contribution is 0.140. The van der Waals surface area contributed by atoms with Crippen LogP contribution >= 0.6 is 38.0 Å². The maximum Gasteiger partial charge on any atom is 0.376 e. The van der Waals surface area contributed by atoms with Gasteiger partial charge in [0, 0.05) is 27.0 Å². The Morgan fingerprint density at radius 2 is 0.923 bits per heavy atom. The van der Waals surface area contributed by atoms with E-state index in [0.29, 0.717) is 34.9 Å². The van der Waals surface area contributed by atoms with Gasteiger partial charge in [-0.1, -0.05) is 266 Å². The van der Waals surface area contributed by atoms with Gasteiger partial charge in [0.2, 0.25) is 0 Å². The van der Waals surface area contributed by atoms with Crippen LogP contribution in [0.3, 0.4) is 0 Å². The van der Waals surface area contributed by atoms with E-state index in [9.17, 15) is 37.5 Å². The molecule has 6 rings (SSSR count). The zero-order valence-corrected chi connectivity index (χ0v) is 61.1. The molecule has 9 unspecified atom stereocenters. The maximum absolute atomic E-state index is 13.3. The van der Waals surface area contributed by atoms with Crippen molar-refractivity contribution in [3.8, 4) is 5.75 Å². The number of hydrogen-bond acceptors (Lipinski definition) is 10. The van der Waals surface area contributed by atoms with Crippen molar-refractivity contribution in [2.75, 3.05) is 39.8 Å². The molecule has 0 aromatic heterocycles. The van der Waals surface area contributed by atoms with Crippen LogP contribution in [0.15, 0.2) is 182 Å². The van der Waals surface area contributed by atoms with Gasteiger partial charge in [-0.2, -0.15) is 0 Å². The summed E-state index contributed by atoms with van der Waals surface area (Å²) in [5.74, 6) is 2.10. The summed E-state index contributed by atoms with van der Waals surface area (Å²) in [5.41, 5.74) is 3.61. The van der Waals surface area contributed by atoms with Gasteiger partial charge in [0.1, 0.15) is 10.9 Å². The lowest BCUT2D eigenvalue weighted by Crippen LogP contribution is -2.30. The van der Waals surface area contributed by atoms with Gasteiger partial charge in [0.25, 0.3) is 0 Å². The molecule has 0 aliphatic heterocycles. The summed E-state index contributed by atoms with van der Waals surface area (Å²) in [6, 6.07) is 54.9. The third-order valence-corrected chi connectivity index (χ3v) is 22.0. The van der Waals surface area contributed by atoms with E-state index in [1.807, 2.05) is 140 Å². The Balaban J connectivity index is 0.000000407. The van der Waals surface area contributed by atoms with E-state index >= 15 is 0 Å². The lowest BCUT2D eigenvalue weighted by Gasteiger charge is -2.37.